The van der Waals surface area contributed by atoms with E-state index in [0.29, 0.717) is 5.69 Å². The second-order valence-electron chi connectivity index (χ2n) is 6.14. The van der Waals surface area contributed by atoms with E-state index >= 15 is 0 Å². The van der Waals surface area contributed by atoms with E-state index in [-0.39, 0.29) is 5.91 Å². The van der Waals surface area contributed by atoms with Crippen LogP contribution in [-0.2, 0) is 0 Å². The fourth-order valence-corrected chi connectivity index (χ4v) is 2.64. The third-order valence-corrected chi connectivity index (χ3v) is 4.05. The molecule has 0 saturated heterocycles. The maximum Gasteiger partial charge on any atom is 0.274 e. The summed E-state index contributed by atoms with van der Waals surface area (Å²) in [5.41, 5.74) is 6.35. The van der Waals surface area contributed by atoms with E-state index in [9.17, 15) is 4.79 Å². The zero-order valence-electron chi connectivity index (χ0n) is 14.6. The fourth-order valence-electron chi connectivity index (χ4n) is 2.64. The van der Waals surface area contributed by atoms with Crippen molar-refractivity contribution in [3.05, 3.63) is 83.2 Å². The van der Waals surface area contributed by atoms with Crippen LogP contribution in [0.25, 0.3) is 0 Å². The van der Waals surface area contributed by atoms with Crippen LogP contribution in [0, 0.1) is 20.8 Å². The summed E-state index contributed by atoms with van der Waals surface area (Å²) in [7, 11) is 0. The Bertz CT molecular complexity index is 919. The Morgan fingerprint density at radius 2 is 1.68 bits per heavy atom. The van der Waals surface area contributed by atoms with Crippen molar-refractivity contribution < 1.29 is 4.79 Å². The predicted octanol–water partition coefficient (Wildman–Crippen LogP) is 5.00. The number of hydrogen-bond acceptors (Lipinski definition) is 3. The molecular weight excluding hydrogens is 310 g/mol. The van der Waals surface area contributed by atoms with Crippen LogP contribution < -0.4 is 10.6 Å². The molecule has 3 aromatic rings. The summed E-state index contributed by atoms with van der Waals surface area (Å²) in [6.07, 6.45) is 1.64. The van der Waals surface area contributed by atoms with Crippen molar-refractivity contribution in [2.24, 2.45) is 0 Å². The molecule has 1 heterocycles. The molecule has 1 aromatic heterocycles. The molecular formula is C21H21N3O. The number of pyridine rings is 1. The van der Waals surface area contributed by atoms with Gasteiger partial charge in [0.1, 0.15) is 5.69 Å². The molecule has 2 aromatic carbocycles. The largest absolute Gasteiger partial charge is 0.355 e. The van der Waals surface area contributed by atoms with E-state index in [1.807, 2.05) is 69.3 Å². The van der Waals surface area contributed by atoms with Crippen molar-refractivity contribution in [1.29, 1.82) is 0 Å². The van der Waals surface area contributed by atoms with Gasteiger partial charge in [0.25, 0.3) is 5.91 Å². The maximum absolute atomic E-state index is 12.5. The van der Waals surface area contributed by atoms with Crippen molar-refractivity contribution in [3.8, 4) is 0 Å². The van der Waals surface area contributed by atoms with Gasteiger partial charge in [-0.1, -0.05) is 35.9 Å². The molecule has 0 radical (unpaired) electrons. The highest BCUT2D eigenvalue weighted by molar-refractivity contribution is 6.03. The van der Waals surface area contributed by atoms with Crippen molar-refractivity contribution >= 4 is 23.0 Å². The minimum Gasteiger partial charge on any atom is -0.355 e. The molecule has 0 bridgehead atoms. The molecule has 0 fully saturated rings. The van der Waals surface area contributed by atoms with Gasteiger partial charge in [-0.25, -0.2) is 0 Å². The van der Waals surface area contributed by atoms with Gasteiger partial charge < -0.3 is 10.6 Å². The van der Waals surface area contributed by atoms with E-state index in [1.165, 1.54) is 0 Å². The van der Waals surface area contributed by atoms with Crippen molar-refractivity contribution in [1.82, 2.24) is 4.98 Å². The van der Waals surface area contributed by atoms with Crippen LogP contribution in [0.4, 0.5) is 17.1 Å². The topological polar surface area (TPSA) is 54.0 Å². The minimum atomic E-state index is -0.222. The van der Waals surface area contributed by atoms with Gasteiger partial charge in [-0.05, 0) is 56.2 Å². The standard InChI is InChI=1S/C21H21N3O/c1-14-8-9-19(16(3)12-14)24-21(25)20-13-17(10-11-22-20)23-18-7-5-4-6-15(18)2/h4-13H,1-3H3,(H,22,23)(H,24,25). The normalized spacial score (nSPS) is 10.4. The molecule has 25 heavy (non-hydrogen) atoms. The molecule has 0 unspecified atom stereocenters. The molecule has 1 amide bonds. The lowest BCUT2D eigenvalue weighted by Gasteiger charge is -2.11. The van der Waals surface area contributed by atoms with Crippen LogP contribution in [0.15, 0.2) is 60.8 Å². The van der Waals surface area contributed by atoms with Crippen LogP contribution >= 0.6 is 0 Å². The third-order valence-electron chi connectivity index (χ3n) is 4.05. The van der Waals surface area contributed by atoms with Crippen molar-refractivity contribution in [3.63, 3.8) is 0 Å². The quantitative estimate of drug-likeness (QED) is 0.707. The number of anilines is 3. The zero-order chi connectivity index (χ0) is 17.8. The molecule has 0 aliphatic carbocycles. The Hall–Kier alpha value is -3.14. The second kappa shape index (κ2) is 7.18. The minimum absolute atomic E-state index is 0.222. The van der Waals surface area contributed by atoms with E-state index in [0.717, 1.165) is 33.8 Å². The van der Waals surface area contributed by atoms with Gasteiger partial charge in [0, 0.05) is 23.3 Å². The number of nitrogens with zero attached hydrogens (tertiary/aromatic N) is 1. The highest BCUT2D eigenvalue weighted by atomic mass is 16.1. The molecule has 0 saturated carbocycles. The van der Waals surface area contributed by atoms with Crippen LogP contribution in [0.5, 0.6) is 0 Å². The summed E-state index contributed by atoms with van der Waals surface area (Å²) < 4.78 is 0. The molecule has 0 aliphatic heterocycles. The Labute approximate surface area is 147 Å². The SMILES string of the molecule is Cc1ccc(NC(=O)c2cc(Nc3ccccc3C)ccn2)c(C)c1. The Balaban J connectivity index is 1.79. The van der Waals surface area contributed by atoms with Crippen molar-refractivity contribution in [2.75, 3.05) is 10.6 Å². The van der Waals surface area contributed by atoms with E-state index in [2.05, 4.69) is 15.6 Å². The number of aromatic nitrogens is 1. The highest BCUT2D eigenvalue weighted by Crippen LogP contribution is 2.21. The van der Waals surface area contributed by atoms with Gasteiger partial charge >= 0.3 is 0 Å². The Morgan fingerprint density at radius 3 is 2.44 bits per heavy atom. The lowest BCUT2D eigenvalue weighted by Crippen LogP contribution is -2.14. The van der Waals surface area contributed by atoms with Crippen LogP contribution in [0.3, 0.4) is 0 Å². The monoisotopic (exact) mass is 331 g/mol. The van der Waals surface area contributed by atoms with Crippen LogP contribution in [-0.4, -0.2) is 10.9 Å². The number of carbonyl (C=O) groups excluding carboxylic acids is 1. The molecule has 4 nitrogen and oxygen atoms in total. The summed E-state index contributed by atoms with van der Waals surface area (Å²) in [5.74, 6) is -0.222. The number of para-hydroxylation sites is 1. The van der Waals surface area contributed by atoms with E-state index < -0.39 is 0 Å². The summed E-state index contributed by atoms with van der Waals surface area (Å²) in [4.78, 5) is 16.7. The van der Waals surface area contributed by atoms with Crippen LogP contribution in [0.2, 0.25) is 0 Å². The first-order valence-corrected chi connectivity index (χ1v) is 8.20. The molecule has 3 rings (SSSR count). The number of hydrogen-bond donors (Lipinski definition) is 2. The number of nitrogens with one attached hydrogen (secondary N) is 2. The van der Waals surface area contributed by atoms with Gasteiger partial charge in [-0.2, -0.15) is 0 Å². The molecule has 0 aliphatic rings. The molecule has 126 valence electrons. The molecule has 4 heteroatoms. The zero-order valence-corrected chi connectivity index (χ0v) is 14.6. The first kappa shape index (κ1) is 16.7. The average Bonchev–Trinajstić information content (AvgIpc) is 2.60. The first-order valence-electron chi connectivity index (χ1n) is 8.20. The molecule has 2 N–H and O–H groups in total. The van der Waals surface area contributed by atoms with E-state index in [1.54, 1.807) is 12.3 Å². The van der Waals surface area contributed by atoms with Gasteiger partial charge in [0.15, 0.2) is 0 Å². The maximum atomic E-state index is 12.5. The van der Waals surface area contributed by atoms with E-state index in [4.69, 9.17) is 0 Å². The summed E-state index contributed by atoms with van der Waals surface area (Å²) in [6, 6.07) is 17.6. The Kier molecular flexibility index (Phi) is 4.80. The highest BCUT2D eigenvalue weighted by Gasteiger charge is 2.10. The third kappa shape index (κ3) is 4.04. The molecule has 0 spiro atoms. The lowest BCUT2D eigenvalue weighted by molar-refractivity contribution is 0.102. The number of rotatable bonds is 4. The smallest absolute Gasteiger partial charge is 0.274 e. The molecule has 0 atom stereocenters. The van der Waals surface area contributed by atoms with Gasteiger partial charge in [0.05, 0.1) is 0 Å². The number of benzene rings is 2. The van der Waals surface area contributed by atoms with Crippen molar-refractivity contribution in [2.45, 2.75) is 20.8 Å². The first-order chi connectivity index (χ1) is 12.0. The second-order valence-corrected chi connectivity index (χ2v) is 6.14. The summed E-state index contributed by atoms with van der Waals surface area (Å²) >= 11 is 0. The van der Waals surface area contributed by atoms with Crippen LogP contribution in [0.1, 0.15) is 27.2 Å². The summed E-state index contributed by atoms with van der Waals surface area (Å²) in [6.45, 7) is 6.05. The summed E-state index contributed by atoms with van der Waals surface area (Å²) in [5, 5.41) is 6.26. The number of carbonyl (C=O) groups is 1. The number of amides is 1. The van der Waals surface area contributed by atoms with Gasteiger partial charge in [-0.3, -0.25) is 9.78 Å². The Morgan fingerprint density at radius 1 is 0.880 bits per heavy atom. The fraction of sp³-hybridized carbons (Fsp3) is 0.143. The lowest BCUT2D eigenvalue weighted by atomic mass is 10.1. The van der Waals surface area contributed by atoms with Gasteiger partial charge in [-0.15, -0.1) is 0 Å². The van der Waals surface area contributed by atoms with Gasteiger partial charge in [0.2, 0.25) is 0 Å². The predicted molar refractivity (Wildman–Crippen MR) is 103 cm³/mol. The number of aryl methyl sites for hydroxylation is 3. The average molecular weight is 331 g/mol.